The first kappa shape index (κ1) is 11.2. The molecule has 86 valence electrons. The molecule has 1 aliphatic rings. The van der Waals surface area contributed by atoms with E-state index in [2.05, 4.69) is 32.0 Å². The number of benzene rings is 1. The number of carbonyl (C=O) groups is 1. The Bertz CT molecular complexity index is 409. The van der Waals surface area contributed by atoms with E-state index in [-0.39, 0.29) is 11.9 Å². The molecular formula is C14H18O2. The van der Waals surface area contributed by atoms with Crippen LogP contribution in [-0.2, 0) is 9.53 Å². The molecule has 16 heavy (non-hydrogen) atoms. The molecule has 0 N–H and O–H groups in total. The summed E-state index contributed by atoms with van der Waals surface area (Å²) in [6, 6.07) is 6.51. The molecular weight excluding hydrogens is 200 g/mol. The van der Waals surface area contributed by atoms with Gasteiger partial charge in [-0.3, -0.25) is 4.79 Å². The number of carbonyl (C=O) groups excluding carboxylic acids is 1. The van der Waals surface area contributed by atoms with Crippen molar-refractivity contribution in [3.63, 3.8) is 0 Å². The molecule has 1 aliphatic heterocycles. The van der Waals surface area contributed by atoms with Crippen molar-refractivity contribution in [3.8, 4) is 0 Å². The lowest BCUT2D eigenvalue weighted by Crippen LogP contribution is -2.27. The quantitative estimate of drug-likeness (QED) is 0.677. The normalized spacial score (nSPS) is 25.3. The maximum atomic E-state index is 11.3. The predicted octanol–water partition coefficient (Wildman–Crippen LogP) is 2.97. The van der Waals surface area contributed by atoms with Gasteiger partial charge in [0.2, 0.25) is 0 Å². The first-order valence-corrected chi connectivity index (χ1v) is 5.81. The van der Waals surface area contributed by atoms with E-state index in [1.165, 1.54) is 16.7 Å². The van der Waals surface area contributed by atoms with Crippen molar-refractivity contribution in [1.82, 2.24) is 0 Å². The van der Waals surface area contributed by atoms with Gasteiger partial charge in [0.05, 0.1) is 12.5 Å². The SMILES string of the molecule is Cc1ccc([C@H]2COC(=O)C(C)C2)cc1C. The van der Waals surface area contributed by atoms with Crippen LogP contribution in [0.1, 0.15) is 36.0 Å². The zero-order valence-electron chi connectivity index (χ0n) is 10.1. The van der Waals surface area contributed by atoms with Gasteiger partial charge in [0.25, 0.3) is 0 Å². The van der Waals surface area contributed by atoms with Crippen LogP contribution in [0.2, 0.25) is 0 Å². The fourth-order valence-corrected chi connectivity index (χ4v) is 2.17. The number of hydrogen-bond acceptors (Lipinski definition) is 2. The van der Waals surface area contributed by atoms with Crippen molar-refractivity contribution in [2.45, 2.75) is 33.1 Å². The fraction of sp³-hybridized carbons (Fsp3) is 0.500. The molecule has 2 rings (SSSR count). The van der Waals surface area contributed by atoms with Gasteiger partial charge in [0.15, 0.2) is 0 Å². The van der Waals surface area contributed by atoms with E-state index in [1.807, 2.05) is 6.92 Å². The van der Waals surface area contributed by atoms with Crippen molar-refractivity contribution in [2.75, 3.05) is 6.61 Å². The number of cyclic esters (lactones) is 1. The van der Waals surface area contributed by atoms with Crippen molar-refractivity contribution >= 4 is 5.97 Å². The first-order chi connectivity index (χ1) is 7.58. The van der Waals surface area contributed by atoms with Crippen molar-refractivity contribution in [2.24, 2.45) is 5.92 Å². The Kier molecular flexibility index (Phi) is 2.99. The molecule has 0 saturated carbocycles. The van der Waals surface area contributed by atoms with Crippen LogP contribution in [0, 0.1) is 19.8 Å². The highest BCUT2D eigenvalue weighted by Gasteiger charge is 2.27. The fourth-order valence-electron chi connectivity index (χ4n) is 2.17. The average Bonchev–Trinajstić information content (AvgIpc) is 2.26. The molecule has 2 heteroatoms. The molecule has 2 atom stereocenters. The summed E-state index contributed by atoms with van der Waals surface area (Å²) in [7, 11) is 0. The minimum Gasteiger partial charge on any atom is -0.465 e. The Labute approximate surface area is 96.6 Å². The summed E-state index contributed by atoms with van der Waals surface area (Å²) in [5.74, 6) is 0.340. The van der Waals surface area contributed by atoms with Crippen molar-refractivity contribution in [3.05, 3.63) is 34.9 Å². The number of esters is 1. The van der Waals surface area contributed by atoms with Crippen molar-refractivity contribution in [1.29, 1.82) is 0 Å². The summed E-state index contributed by atoms with van der Waals surface area (Å²) in [6.45, 7) is 6.71. The Morgan fingerprint density at radius 2 is 2.00 bits per heavy atom. The lowest BCUT2D eigenvalue weighted by molar-refractivity contribution is -0.153. The van der Waals surface area contributed by atoms with Gasteiger partial charge >= 0.3 is 5.97 Å². The minimum absolute atomic E-state index is 0.0281. The number of aryl methyl sites for hydroxylation is 2. The van der Waals surface area contributed by atoms with Crippen molar-refractivity contribution < 1.29 is 9.53 Å². The van der Waals surface area contributed by atoms with E-state index < -0.39 is 0 Å². The second kappa shape index (κ2) is 4.28. The lowest BCUT2D eigenvalue weighted by Gasteiger charge is -2.26. The average molecular weight is 218 g/mol. The van der Waals surface area contributed by atoms with Gasteiger partial charge in [-0.15, -0.1) is 0 Å². The van der Waals surface area contributed by atoms with Gasteiger partial charge in [0.1, 0.15) is 0 Å². The molecule has 1 unspecified atom stereocenters. The monoisotopic (exact) mass is 218 g/mol. The number of rotatable bonds is 1. The number of hydrogen-bond donors (Lipinski definition) is 0. The number of ether oxygens (including phenoxy) is 1. The second-order valence-electron chi connectivity index (χ2n) is 4.81. The van der Waals surface area contributed by atoms with Gasteiger partial charge in [-0.25, -0.2) is 0 Å². The summed E-state index contributed by atoms with van der Waals surface area (Å²) < 4.78 is 5.19. The van der Waals surface area contributed by atoms with E-state index in [0.717, 1.165) is 6.42 Å². The molecule has 0 aromatic heterocycles. The highest BCUT2D eigenvalue weighted by Crippen LogP contribution is 2.30. The van der Waals surface area contributed by atoms with Crippen LogP contribution in [0.5, 0.6) is 0 Å². The van der Waals surface area contributed by atoms with Crippen LogP contribution in [0.3, 0.4) is 0 Å². The Morgan fingerprint density at radius 3 is 2.62 bits per heavy atom. The second-order valence-corrected chi connectivity index (χ2v) is 4.81. The topological polar surface area (TPSA) is 26.3 Å². The maximum Gasteiger partial charge on any atom is 0.308 e. The molecule has 1 aromatic carbocycles. The van der Waals surface area contributed by atoms with E-state index >= 15 is 0 Å². The van der Waals surface area contributed by atoms with E-state index in [9.17, 15) is 4.79 Å². The molecule has 0 spiro atoms. The molecule has 1 heterocycles. The summed E-state index contributed by atoms with van der Waals surface area (Å²) in [4.78, 5) is 11.3. The van der Waals surface area contributed by atoms with E-state index in [0.29, 0.717) is 12.5 Å². The van der Waals surface area contributed by atoms with E-state index in [1.54, 1.807) is 0 Å². The smallest absolute Gasteiger partial charge is 0.308 e. The minimum atomic E-state index is -0.0555. The third-order valence-electron chi connectivity index (χ3n) is 3.47. The summed E-state index contributed by atoms with van der Waals surface area (Å²) >= 11 is 0. The molecule has 0 radical (unpaired) electrons. The molecule has 1 fully saturated rings. The summed E-state index contributed by atoms with van der Waals surface area (Å²) in [5.41, 5.74) is 3.91. The van der Waals surface area contributed by atoms with Gasteiger partial charge < -0.3 is 4.74 Å². The Hall–Kier alpha value is -1.31. The van der Waals surface area contributed by atoms with Gasteiger partial charge in [-0.1, -0.05) is 25.1 Å². The largest absolute Gasteiger partial charge is 0.465 e. The van der Waals surface area contributed by atoms with Gasteiger partial charge in [0, 0.05) is 5.92 Å². The Morgan fingerprint density at radius 1 is 1.25 bits per heavy atom. The standard InChI is InChI=1S/C14H18O2/c1-9-4-5-12(6-10(9)2)13-7-11(3)14(15)16-8-13/h4-6,11,13H,7-8H2,1-3H3/t11?,13-/m1/s1. The summed E-state index contributed by atoms with van der Waals surface area (Å²) in [6.07, 6.45) is 0.904. The third-order valence-corrected chi connectivity index (χ3v) is 3.47. The molecule has 0 amide bonds. The highest BCUT2D eigenvalue weighted by molar-refractivity contribution is 5.73. The molecule has 0 bridgehead atoms. The summed E-state index contributed by atoms with van der Waals surface area (Å²) in [5, 5.41) is 0. The van der Waals surface area contributed by atoms with Crippen LogP contribution >= 0.6 is 0 Å². The van der Waals surface area contributed by atoms with Gasteiger partial charge in [-0.2, -0.15) is 0 Å². The van der Waals surface area contributed by atoms with Crippen LogP contribution in [0.25, 0.3) is 0 Å². The third kappa shape index (κ3) is 2.11. The zero-order valence-corrected chi connectivity index (χ0v) is 10.1. The first-order valence-electron chi connectivity index (χ1n) is 5.81. The van der Waals surface area contributed by atoms with Crippen LogP contribution in [-0.4, -0.2) is 12.6 Å². The van der Waals surface area contributed by atoms with Crippen LogP contribution in [0.4, 0.5) is 0 Å². The van der Waals surface area contributed by atoms with Gasteiger partial charge in [-0.05, 0) is 37.0 Å². The predicted molar refractivity (Wildman–Crippen MR) is 63.4 cm³/mol. The molecule has 1 aromatic rings. The molecule has 2 nitrogen and oxygen atoms in total. The highest BCUT2D eigenvalue weighted by atomic mass is 16.5. The van der Waals surface area contributed by atoms with Crippen LogP contribution in [0.15, 0.2) is 18.2 Å². The molecule has 1 saturated heterocycles. The zero-order chi connectivity index (χ0) is 11.7. The Balaban J connectivity index is 2.18. The lowest BCUT2D eigenvalue weighted by atomic mass is 9.87. The maximum absolute atomic E-state index is 11.3. The molecule has 0 aliphatic carbocycles. The van der Waals surface area contributed by atoms with E-state index in [4.69, 9.17) is 4.74 Å². The van der Waals surface area contributed by atoms with Crippen LogP contribution < -0.4 is 0 Å².